The fourth-order valence-electron chi connectivity index (χ4n) is 1.18. The molecular formula is C10H11NO5S. The minimum atomic E-state index is -3.61. The Morgan fingerprint density at radius 3 is 2.29 bits per heavy atom. The summed E-state index contributed by atoms with van der Waals surface area (Å²) in [6, 6.07) is 2.43. The minimum absolute atomic E-state index is 0.0119. The van der Waals surface area contributed by atoms with Crippen molar-refractivity contribution in [2.75, 3.05) is 13.4 Å². The van der Waals surface area contributed by atoms with Crippen molar-refractivity contribution >= 4 is 21.6 Å². The van der Waals surface area contributed by atoms with Crippen molar-refractivity contribution in [2.24, 2.45) is 0 Å². The molecule has 0 atom stereocenters. The summed E-state index contributed by atoms with van der Waals surface area (Å²) >= 11 is 0. The molecule has 1 heterocycles. The lowest BCUT2D eigenvalue weighted by atomic mass is 10.2. The zero-order valence-corrected chi connectivity index (χ0v) is 10.4. The number of esters is 1. The van der Waals surface area contributed by atoms with E-state index in [1.54, 1.807) is 0 Å². The smallest absolute Gasteiger partial charge is 0.358 e. The van der Waals surface area contributed by atoms with Gasteiger partial charge in [-0.2, -0.15) is 0 Å². The van der Waals surface area contributed by atoms with Crippen LogP contribution in [0.1, 0.15) is 27.9 Å². The lowest BCUT2D eigenvalue weighted by molar-refractivity contribution is 0.0589. The molecule has 0 N–H and O–H groups in total. The predicted molar refractivity (Wildman–Crippen MR) is 58.7 cm³/mol. The van der Waals surface area contributed by atoms with Crippen LogP contribution >= 0.6 is 0 Å². The third kappa shape index (κ3) is 2.88. The van der Waals surface area contributed by atoms with Gasteiger partial charge in [0.25, 0.3) is 0 Å². The van der Waals surface area contributed by atoms with Crippen molar-refractivity contribution < 1.29 is 22.7 Å². The van der Waals surface area contributed by atoms with Gasteiger partial charge in [0.05, 0.1) is 12.0 Å². The molecule has 0 aliphatic rings. The van der Waals surface area contributed by atoms with Crippen LogP contribution in [0.15, 0.2) is 17.0 Å². The van der Waals surface area contributed by atoms with Crippen molar-refractivity contribution in [3.05, 3.63) is 23.5 Å². The molecule has 0 aliphatic heterocycles. The molecule has 0 unspecified atom stereocenters. The molecule has 0 bridgehead atoms. The van der Waals surface area contributed by atoms with E-state index in [2.05, 4.69) is 9.72 Å². The molecule has 7 heteroatoms. The highest BCUT2D eigenvalue weighted by Gasteiger charge is 2.22. The van der Waals surface area contributed by atoms with E-state index in [4.69, 9.17) is 0 Å². The van der Waals surface area contributed by atoms with Crippen LogP contribution in [0.3, 0.4) is 0 Å². The summed E-state index contributed by atoms with van der Waals surface area (Å²) in [5, 5.41) is 0. The van der Waals surface area contributed by atoms with Gasteiger partial charge in [0.1, 0.15) is 5.69 Å². The number of methoxy groups -OCH3 is 1. The molecule has 0 spiro atoms. The molecule has 92 valence electrons. The van der Waals surface area contributed by atoms with E-state index in [1.165, 1.54) is 19.1 Å². The van der Waals surface area contributed by atoms with Gasteiger partial charge in [-0.25, -0.2) is 18.2 Å². The lowest BCUT2D eigenvalue weighted by Crippen LogP contribution is -2.14. The van der Waals surface area contributed by atoms with E-state index >= 15 is 0 Å². The lowest BCUT2D eigenvalue weighted by Gasteiger charge is -2.06. The van der Waals surface area contributed by atoms with Crippen molar-refractivity contribution in [3.63, 3.8) is 0 Å². The number of carbonyl (C=O) groups excluding carboxylic acids is 2. The fourth-order valence-corrected chi connectivity index (χ4v) is 1.98. The molecule has 0 saturated heterocycles. The predicted octanol–water partition coefficient (Wildman–Crippen LogP) is 0.474. The van der Waals surface area contributed by atoms with Crippen LogP contribution in [0, 0.1) is 0 Å². The second-order valence-corrected chi connectivity index (χ2v) is 5.35. The van der Waals surface area contributed by atoms with Gasteiger partial charge in [-0.3, -0.25) is 4.79 Å². The number of Topliss-reactive ketones (excluding diaryl/α,β-unsaturated/α-hetero) is 1. The maximum absolute atomic E-state index is 11.4. The Morgan fingerprint density at radius 2 is 1.88 bits per heavy atom. The van der Waals surface area contributed by atoms with Gasteiger partial charge >= 0.3 is 5.97 Å². The van der Waals surface area contributed by atoms with Gasteiger partial charge in [0.15, 0.2) is 21.3 Å². The van der Waals surface area contributed by atoms with Crippen LogP contribution in [0.2, 0.25) is 0 Å². The number of ketones is 1. The van der Waals surface area contributed by atoms with Gasteiger partial charge in [0.2, 0.25) is 0 Å². The number of hydrogen-bond acceptors (Lipinski definition) is 6. The molecule has 0 aliphatic carbocycles. The molecule has 0 saturated carbocycles. The number of pyridine rings is 1. The second kappa shape index (κ2) is 4.62. The normalized spacial score (nSPS) is 11.0. The number of ether oxygens (including phenoxy) is 1. The van der Waals surface area contributed by atoms with Gasteiger partial charge in [-0.05, 0) is 12.1 Å². The van der Waals surface area contributed by atoms with Crippen molar-refractivity contribution in [1.82, 2.24) is 4.98 Å². The van der Waals surface area contributed by atoms with Crippen LogP contribution in [-0.2, 0) is 14.6 Å². The number of aromatic nitrogens is 1. The Bertz CT molecular complexity index is 576. The van der Waals surface area contributed by atoms with Crippen molar-refractivity contribution in [3.8, 4) is 0 Å². The Kier molecular flexibility index (Phi) is 3.62. The summed E-state index contributed by atoms with van der Waals surface area (Å²) in [4.78, 5) is 26.0. The number of carbonyl (C=O) groups is 2. The van der Waals surface area contributed by atoms with Crippen LogP contribution in [0.4, 0.5) is 0 Å². The van der Waals surface area contributed by atoms with Crippen LogP contribution in [0.5, 0.6) is 0 Å². The van der Waals surface area contributed by atoms with Crippen LogP contribution < -0.4 is 0 Å². The Hall–Kier alpha value is -1.76. The van der Waals surface area contributed by atoms with E-state index in [9.17, 15) is 18.0 Å². The Labute approximate surface area is 98.5 Å². The van der Waals surface area contributed by atoms with E-state index < -0.39 is 15.8 Å². The summed E-state index contributed by atoms with van der Waals surface area (Å²) in [7, 11) is -2.50. The number of rotatable bonds is 3. The maximum atomic E-state index is 11.4. The molecule has 0 aromatic carbocycles. The SMILES string of the molecule is COC(=O)c1nc(C(C)=O)ccc1S(C)(=O)=O. The molecule has 1 rings (SSSR count). The van der Waals surface area contributed by atoms with E-state index in [1.807, 2.05) is 0 Å². The Morgan fingerprint density at radius 1 is 1.29 bits per heavy atom. The zero-order valence-electron chi connectivity index (χ0n) is 9.55. The average molecular weight is 257 g/mol. The summed E-state index contributed by atoms with van der Waals surface area (Å²) in [6.45, 7) is 1.27. The van der Waals surface area contributed by atoms with Crippen LogP contribution in [0.25, 0.3) is 0 Å². The molecule has 6 nitrogen and oxygen atoms in total. The molecule has 0 amide bonds. The molecule has 0 radical (unpaired) electrons. The highest BCUT2D eigenvalue weighted by atomic mass is 32.2. The van der Waals surface area contributed by atoms with Gasteiger partial charge < -0.3 is 4.74 Å². The highest BCUT2D eigenvalue weighted by Crippen LogP contribution is 2.15. The third-order valence-corrected chi connectivity index (χ3v) is 3.13. The maximum Gasteiger partial charge on any atom is 0.358 e. The van der Waals surface area contributed by atoms with Gasteiger partial charge in [0, 0.05) is 13.2 Å². The Balaban J connectivity index is 3.53. The molecule has 0 fully saturated rings. The first kappa shape index (κ1) is 13.3. The van der Waals surface area contributed by atoms with E-state index in [-0.39, 0.29) is 22.1 Å². The highest BCUT2D eigenvalue weighted by molar-refractivity contribution is 7.90. The fraction of sp³-hybridized carbons (Fsp3) is 0.300. The zero-order chi connectivity index (χ0) is 13.2. The quantitative estimate of drug-likeness (QED) is 0.577. The third-order valence-electron chi connectivity index (χ3n) is 2.00. The summed E-state index contributed by atoms with van der Waals surface area (Å²) < 4.78 is 27.3. The first-order valence-corrected chi connectivity index (χ1v) is 6.47. The minimum Gasteiger partial charge on any atom is -0.464 e. The first-order chi connectivity index (χ1) is 7.77. The molecular weight excluding hydrogens is 246 g/mol. The summed E-state index contributed by atoms with van der Waals surface area (Å²) in [5.74, 6) is -1.26. The van der Waals surface area contributed by atoms with Crippen LogP contribution in [-0.4, -0.2) is 38.5 Å². The largest absolute Gasteiger partial charge is 0.464 e. The summed E-state index contributed by atoms with van der Waals surface area (Å²) in [6.07, 6.45) is 0.948. The monoisotopic (exact) mass is 257 g/mol. The van der Waals surface area contributed by atoms with Crippen molar-refractivity contribution in [2.45, 2.75) is 11.8 Å². The number of sulfone groups is 1. The first-order valence-electron chi connectivity index (χ1n) is 4.57. The van der Waals surface area contributed by atoms with Gasteiger partial charge in [-0.15, -0.1) is 0 Å². The molecule has 1 aromatic heterocycles. The number of hydrogen-bond donors (Lipinski definition) is 0. The van der Waals surface area contributed by atoms with E-state index in [0.717, 1.165) is 13.4 Å². The molecule has 1 aromatic rings. The average Bonchev–Trinajstić information content (AvgIpc) is 2.25. The van der Waals surface area contributed by atoms with E-state index in [0.29, 0.717) is 0 Å². The van der Waals surface area contributed by atoms with Gasteiger partial charge in [-0.1, -0.05) is 0 Å². The topological polar surface area (TPSA) is 90.4 Å². The second-order valence-electron chi connectivity index (χ2n) is 3.36. The number of nitrogens with zero attached hydrogens (tertiary/aromatic N) is 1. The summed E-state index contributed by atoms with van der Waals surface area (Å²) in [5.41, 5.74) is -0.361. The standard InChI is InChI=1S/C10H11NO5S/c1-6(12)7-4-5-8(17(3,14)15)9(11-7)10(13)16-2/h4-5H,1-3H3. The van der Waals surface area contributed by atoms with Crippen molar-refractivity contribution in [1.29, 1.82) is 0 Å². The molecule has 17 heavy (non-hydrogen) atoms.